The molecule has 0 aromatic heterocycles. The average molecular weight is 414 g/mol. The molecule has 1 amide bonds. The second-order valence-corrected chi connectivity index (χ2v) is 7.64. The van der Waals surface area contributed by atoms with Crippen molar-refractivity contribution in [3.05, 3.63) is 59.9 Å². The largest absolute Gasteiger partial charge is 0.494 e. The molecule has 0 aliphatic carbocycles. The first-order valence-corrected chi connectivity index (χ1v) is 10.9. The summed E-state index contributed by atoms with van der Waals surface area (Å²) in [5, 5.41) is 3.00. The first kappa shape index (κ1) is 22.1. The summed E-state index contributed by atoms with van der Waals surface area (Å²) in [6.45, 7) is 8.28. The molecule has 1 heterocycles. The van der Waals surface area contributed by atoms with Gasteiger partial charge in [-0.1, -0.05) is 13.3 Å². The molecule has 1 aliphatic rings. The number of nitrogens with one attached hydrogen (secondary N) is 1. The Kier molecular flexibility index (Phi) is 8.51. The van der Waals surface area contributed by atoms with Gasteiger partial charge in [-0.15, -0.1) is 0 Å². The highest BCUT2D eigenvalue weighted by molar-refractivity contribution is 5.94. The maximum Gasteiger partial charge on any atom is 0.251 e. The van der Waals surface area contributed by atoms with Crippen LogP contribution in [0.5, 0.6) is 5.75 Å². The normalized spacial score (nSPS) is 14.5. The van der Waals surface area contributed by atoms with E-state index >= 15 is 0 Å². The van der Waals surface area contributed by atoms with Crippen LogP contribution < -0.4 is 15.0 Å². The van der Waals surface area contributed by atoms with E-state index in [2.05, 4.69) is 22.0 Å². The Morgan fingerprint density at radius 3 is 2.37 bits per heavy atom. The van der Waals surface area contributed by atoms with Crippen LogP contribution in [0.2, 0.25) is 0 Å². The molecule has 30 heavy (non-hydrogen) atoms. The van der Waals surface area contributed by atoms with Crippen molar-refractivity contribution >= 4 is 11.6 Å². The topological polar surface area (TPSA) is 44.8 Å². The lowest BCUT2D eigenvalue weighted by atomic mass is 10.2. The summed E-state index contributed by atoms with van der Waals surface area (Å²) >= 11 is 0. The van der Waals surface area contributed by atoms with Gasteiger partial charge in [0, 0.05) is 44.0 Å². The van der Waals surface area contributed by atoms with Gasteiger partial charge in [-0.3, -0.25) is 9.69 Å². The van der Waals surface area contributed by atoms with E-state index in [4.69, 9.17) is 4.74 Å². The lowest BCUT2D eigenvalue weighted by Gasteiger charge is -2.36. The predicted octanol–water partition coefficient (Wildman–Crippen LogP) is 3.95. The minimum absolute atomic E-state index is 0.0452. The first-order chi connectivity index (χ1) is 14.7. The molecule has 1 N–H and O–H groups in total. The Bertz CT molecular complexity index is 772. The number of rotatable bonds is 10. The molecule has 0 radical (unpaired) electrons. The summed E-state index contributed by atoms with van der Waals surface area (Å²) in [6, 6.07) is 14.0. The van der Waals surface area contributed by atoms with Crippen LogP contribution in [0.25, 0.3) is 0 Å². The van der Waals surface area contributed by atoms with E-state index in [0.717, 1.165) is 63.4 Å². The van der Waals surface area contributed by atoms with Crippen LogP contribution in [0.15, 0.2) is 48.5 Å². The predicted molar refractivity (Wildman–Crippen MR) is 119 cm³/mol. The number of halogens is 1. The number of carbonyl (C=O) groups excluding carboxylic acids is 1. The summed E-state index contributed by atoms with van der Waals surface area (Å²) in [5.41, 5.74) is 1.73. The summed E-state index contributed by atoms with van der Waals surface area (Å²) in [5.74, 6) is 0.562. The van der Waals surface area contributed by atoms with E-state index < -0.39 is 0 Å². The van der Waals surface area contributed by atoms with Crippen molar-refractivity contribution in [3.8, 4) is 5.75 Å². The van der Waals surface area contributed by atoms with Gasteiger partial charge in [0.05, 0.1) is 6.61 Å². The Balaban J connectivity index is 1.31. The molecule has 3 rings (SSSR count). The van der Waals surface area contributed by atoms with Crippen molar-refractivity contribution in [3.63, 3.8) is 0 Å². The summed E-state index contributed by atoms with van der Waals surface area (Å²) in [4.78, 5) is 17.0. The molecule has 1 fully saturated rings. The van der Waals surface area contributed by atoms with Crippen LogP contribution in [0, 0.1) is 5.82 Å². The van der Waals surface area contributed by atoms with Crippen molar-refractivity contribution in [2.24, 2.45) is 0 Å². The number of carbonyl (C=O) groups is 1. The minimum atomic E-state index is -0.198. The van der Waals surface area contributed by atoms with Gasteiger partial charge in [-0.05, 0) is 67.9 Å². The van der Waals surface area contributed by atoms with Crippen molar-refractivity contribution in [1.82, 2.24) is 10.2 Å². The molecule has 0 saturated carbocycles. The van der Waals surface area contributed by atoms with Crippen molar-refractivity contribution < 1.29 is 13.9 Å². The smallest absolute Gasteiger partial charge is 0.251 e. The van der Waals surface area contributed by atoms with Crippen LogP contribution in [0.4, 0.5) is 10.1 Å². The number of ether oxygens (including phenoxy) is 1. The lowest BCUT2D eigenvalue weighted by molar-refractivity contribution is 0.0951. The van der Waals surface area contributed by atoms with E-state index in [1.54, 1.807) is 0 Å². The van der Waals surface area contributed by atoms with Crippen molar-refractivity contribution in [2.75, 3.05) is 50.8 Å². The number of hydrogen-bond acceptors (Lipinski definition) is 4. The zero-order chi connectivity index (χ0) is 21.2. The molecule has 6 heteroatoms. The van der Waals surface area contributed by atoms with Crippen LogP contribution in [-0.2, 0) is 0 Å². The van der Waals surface area contributed by atoms with Crippen molar-refractivity contribution in [2.45, 2.75) is 26.2 Å². The molecular weight excluding hydrogens is 381 g/mol. The third kappa shape index (κ3) is 6.73. The highest BCUT2D eigenvalue weighted by Gasteiger charge is 2.17. The molecular formula is C24H32FN3O2. The number of anilines is 1. The maximum absolute atomic E-state index is 13.1. The van der Waals surface area contributed by atoms with Gasteiger partial charge in [0.25, 0.3) is 5.91 Å². The fourth-order valence-electron chi connectivity index (χ4n) is 3.53. The van der Waals surface area contributed by atoms with Gasteiger partial charge in [0.1, 0.15) is 11.6 Å². The van der Waals surface area contributed by atoms with E-state index in [-0.39, 0.29) is 11.7 Å². The highest BCUT2D eigenvalue weighted by atomic mass is 19.1. The maximum atomic E-state index is 13.1. The molecule has 2 aromatic rings. The third-order valence-corrected chi connectivity index (χ3v) is 5.38. The van der Waals surface area contributed by atoms with Crippen LogP contribution in [0.3, 0.4) is 0 Å². The van der Waals surface area contributed by atoms with E-state index in [1.807, 2.05) is 36.4 Å². The third-order valence-electron chi connectivity index (χ3n) is 5.38. The molecule has 0 atom stereocenters. The van der Waals surface area contributed by atoms with Crippen LogP contribution >= 0.6 is 0 Å². The molecule has 2 aromatic carbocycles. The molecule has 0 spiro atoms. The molecule has 162 valence electrons. The van der Waals surface area contributed by atoms with Gasteiger partial charge < -0.3 is 15.0 Å². The lowest BCUT2D eigenvalue weighted by Crippen LogP contribution is -2.47. The zero-order valence-electron chi connectivity index (χ0n) is 17.8. The fourth-order valence-corrected chi connectivity index (χ4v) is 3.53. The van der Waals surface area contributed by atoms with E-state index in [1.165, 1.54) is 12.1 Å². The SMILES string of the molecule is CCCCOc1ccc(C(=O)NCCCN2CCN(c3ccc(F)cc3)CC2)cc1. The average Bonchev–Trinajstić information content (AvgIpc) is 2.78. The molecule has 1 aliphatic heterocycles. The Morgan fingerprint density at radius 1 is 1.00 bits per heavy atom. The Labute approximate surface area is 178 Å². The Hall–Kier alpha value is -2.60. The number of nitrogens with zero attached hydrogens (tertiary/aromatic N) is 2. The van der Waals surface area contributed by atoms with Gasteiger partial charge in [0.2, 0.25) is 0 Å². The monoisotopic (exact) mass is 413 g/mol. The number of unbranched alkanes of at least 4 members (excludes halogenated alkanes) is 1. The zero-order valence-corrected chi connectivity index (χ0v) is 17.8. The first-order valence-electron chi connectivity index (χ1n) is 10.9. The number of hydrogen-bond donors (Lipinski definition) is 1. The van der Waals surface area contributed by atoms with Gasteiger partial charge >= 0.3 is 0 Å². The van der Waals surface area contributed by atoms with Gasteiger partial charge in [-0.2, -0.15) is 0 Å². The van der Waals surface area contributed by atoms with Crippen LogP contribution in [0.1, 0.15) is 36.5 Å². The van der Waals surface area contributed by atoms with Crippen LogP contribution in [-0.4, -0.2) is 56.7 Å². The number of amides is 1. The summed E-state index contributed by atoms with van der Waals surface area (Å²) in [7, 11) is 0. The second-order valence-electron chi connectivity index (χ2n) is 7.64. The highest BCUT2D eigenvalue weighted by Crippen LogP contribution is 2.17. The van der Waals surface area contributed by atoms with E-state index in [0.29, 0.717) is 18.7 Å². The molecule has 0 bridgehead atoms. The molecule has 0 unspecified atom stereocenters. The number of piperazine rings is 1. The summed E-state index contributed by atoms with van der Waals surface area (Å²) in [6.07, 6.45) is 3.05. The quantitative estimate of drug-likeness (QED) is 0.599. The molecule has 1 saturated heterocycles. The minimum Gasteiger partial charge on any atom is -0.494 e. The van der Waals surface area contributed by atoms with Gasteiger partial charge in [-0.25, -0.2) is 4.39 Å². The standard InChI is InChI=1S/C24H32FN3O2/c1-2-3-19-30-23-11-5-20(6-12-23)24(29)26-13-4-14-27-15-17-28(18-16-27)22-9-7-21(25)8-10-22/h5-12H,2-4,13-19H2,1H3,(H,26,29). The molecule has 5 nitrogen and oxygen atoms in total. The number of benzene rings is 2. The second kappa shape index (κ2) is 11.6. The van der Waals surface area contributed by atoms with Gasteiger partial charge in [0.15, 0.2) is 0 Å². The van der Waals surface area contributed by atoms with E-state index in [9.17, 15) is 9.18 Å². The fraction of sp³-hybridized carbons (Fsp3) is 0.458. The van der Waals surface area contributed by atoms with Crippen molar-refractivity contribution in [1.29, 1.82) is 0 Å². The Morgan fingerprint density at radius 2 is 1.70 bits per heavy atom. The summed E-state index contributed by atoms with van der Waals surface area (Å²) < 4.78 is 18.7.